The average Bonchev–Trinajstić information content (AvgIpc) is 2.66. The standard InChI is InChI=1S/C18H20N2O6/c1-23-11-5-10(6-12(7-11)24-2)18(22)20-14-9-16(26-4)15(25-3)8-13(14)17(19)21/h5-9H,1-4H3,(H2,19,21)(H,20,22). The number of amides is 2. The first-order chi connectivity index (χ1) is 12.4. The van der Waals surface area contributed by atoms with E-state index < -0.39 is 11.8 Å². The molecule has 3 N–H and O–H groups in total. The largest absolute Gasteiger partial charge is 0.497 e. The maximum atomic E-state index is 12.6. The van der Waals surface area contributed by atoms with Gasteiger partial charge in [-0.3, -0.25) is 9.59 Å². The minimum atomic E-state index is -0.718. The van der Waals surface area contributed by atoms with E-state index in [1.54, 1.807) is 18.2 Å². The van der Waals surface area contributed by atoms with Crippen molar-refractivity contribution < 1.29 is 28.5 Å². The fraction of sp³-hybridized carbons (Fsp3) is 0.222. The van der Waals surface area contributed by atoms with Crippen molar-refractivity contribution in [1.82, 2.24) is 0 Å². The number of nitrogens with one attached hydrogen (secondary N) is 1. The van der Waals surface area contributed by atoms with E-state index in [0.29, 0.717) is 23.0 Å². The first kappa shape index (κ1) is 18.9. The van der Waals surface area contributed by atoms with Crippen LogP contribution in [0, 0.1) is 0 Å². The van der Waals surface area contributed by atoms with Gasteiger partial charge in [0, 0.05) is 17.7 Å². The number of anilines is 1. The van der Waals surface area contributed by atoms with Crippen LogP contribution in [0.25, 0.3) is 0 Å². The molecule has 0 aliphatic heterocycles. The molecule has 0 fully saturated rings. The van der Waals surface area contributed by atoms with Crippen LogP contribution in [0.1, 0.15) is 20.7 Å². The normalized spacial score (nSPS) is 10.0. The van der Waals surface area contributed by atoms with Gasteiger partial charge < -0.3 is 30.0 Å². The van der Waals surface area contributed by atoms with Crippen molar-refractivity contribution in [2.24, 2.45) is 5.73 Å². The van der Waals surface area contributed by atoms with E-state index in [1.165, 1.54) is 40.6 Å². The Morgan fingerprint density at radius 2 is 1.35 bits per heavy atom. The van der Waals surface area contributed by atoms with Crippen molar-refractivity contribution in [3.63, 3.8) is 0 Å². The van der Waals surface area contributed by atoms with Gasteiger partial charge in [-0.25, -0.2) is 0 Å². The molecule has 0 aliphatic rings. The van der Waals surface area contributed by atoms with Gasteiger partial charge in [-0.05, 0) is 18.2 Å². The van der Waals surface area contributed by atoms with E-state index in [-0.39, 0.29) is 16.8 Å². The maximum Gasteiger partial charge on any atom is 0.255 e. The number of benzene rings is 2. The van der Waals surface area contributed by atoms with Crippen molar-refractivity contribution in [3.05, 3.63) is 41.5 Å². The maximum absolute atomic E-state index is 12.6. The summed E-state index contributed by atoms with van der Waals surface area (Å²) in [5.74, 6) is 0.383. The summed E-state index contributed by atoms with van der Waals surface area (Å²) in [5.41, 5.74) is 5.98. The van der Waals surface area contributed by atoms with E-state index >= 15 is 0 Å². The van der Waals surface area contributed by atoms with E-state index in [0.717, 1.165) is 0 Å². The molecule has 2 aromatic rings. The summed E-state index contributed by atoms with van der Waals surface area (Å²) in [7, 11) is 5.84. The number of carbonyl (C=O) groups is 2. The molecule has 0 radical (unpaired) electrons. The summed E-state index contributed by atoms with van der Waals surface area (Å²) in [5, 5.41) is 2.65. The quantitative estimate of drug-likeness (QED) is 0.782. The van der Waals surface area contributed by atoms with Gasteiger partial charge >= 0.3 is 0 Å². The third-order valence-corrected chi connectivity index (χ3v) is 3.65. The molecule has 0 saturated heterocycles. The Morgan fingerprint density at radius 3 is 1.81 bits per heavy atom. The van der Waals surface area contributed by atoms with E-state index in [9.17, 15) is 9.59 Å². The minimum absolute atomic E-state index is 0.0888. The second-order valence-corrected chi connectivity index (χ2v) is 5.17. The summed E-state index contributed by atoms with van der Waals surface area (Å²) in [6.45, 7) is 0. The molecule has 0 aliphatic carbocycles. The molecule has 0 atom stereocenters. The number of ether oxygens (including phenoxy) is 4. The van der Waals surface area contributed by atoms with Crippen LogP contribution >= 0.6 is 0 Å². The summed E-state index contributed by atoms with van der Waals surface area (Å²) >= 11 is 0. The Hall–Kier alpha value is -3.42. The zero-order valence-electron chi connectivity index (χ0n) is 14.9. The van der Waals surface area contributed by atoms with Crippen LogP contribution in [0.4, 0.5) is 5.69 Å². The summed E-state index contributed by atoms with van der Waals surface area (Å²) < 4.78 is 20.7. The Labute approximate surface area is 150 Å². The Bertz CT molecular complexity index is 812. The molecule has 2 amide bonds. The van der Waals surface area contributed by atoms with Crippen molar-refractivity contribution in [1.29, 1.82) is 0 Å². The Balaban J connectivity index is 2.44. The van der Waals surface area contributed by atoms with Crippen molar-refractivity contribution in [3.8, 4) is 23.0 Å². The summed E-state index contributed by atoms with van der Waals surface area (Å²) in [6.07, 6.45) is 0. The lowest BCUT2D eigenvalue weighted by Crippen LogP contribution is -2.19. The number of primary amides is 1. The molecule has 138 valence electrons. The SMILES string of the molecule is COc1cc(OC)cc(C(=O)Nc2cc(OC)c(OC)cc2C(N)=O)c1. The average molecular weight is 360 g/mol. The lowest BCUT2D eigenvalue weighted by molar-refractivity contribution is 0.100. The fourth-order valence-corrected chi connectivity index (χ4v) is 2.32. The molecule has 8 heteroatoms. The molecule has 2 rings (SSSR count). The molecular weight excluding hydrogens is 340 g/mol. The van der Waals surface area contributed by atoms with Gasteiger partial charge in [0.2, 0.25) is 0 Å². The van der Waals surface area contributed by atoms with Crippen LogP contribution in [-0.2, 0) is 0 Å². The third kappa shape index (κ3) is 3.97. The van der Waals surface area contributed by atoms with Crippen LogP contribution in [0.5, 0.6) is 23.0 Å². The second-order valence-electron chi connectivity index (χ2n) is 5.17. The second kappa shape index (κ2) is 8.11. The van der Waals surface area contributed by atoms with E-state index in [4.69, 9.17) is 24.7 Å². The molecular formula is C18H20N2O6. The van der Waals surface area contributed by atoms with Crippen molar-refractivity contribution in [2.45, 2.75) is 0 Å². The zero-order chi connectivity index (χ0) is 19.3. The highest BCUT2D eigenvalue weighted by atomic mass is 16.5. The van der Waals surface area contributed by atoms with Gasteiger partial charge in [-0.1, -0.05) is 0 Å². The van der Waals surface area contributed by atoms with Gasteiger partial charge in [0.1, 0.15) is 11.5 Å². The zero-order valence-corrected chi connectivity index (χ0v) is 14.9. The Kier molecular flexibility index (Phi) is 5.90. The van der Waals surface area contributed by atoms with Crippen LogP contribution in [0.2, 0.25) is 0 Å². The van der Waals surface area contributed by atoms with Gasteiger partial charge in [-0.15, -0.1) is 0 Å². The number of nitrogens with two attached hydrogens (primary N) is 1. The number of hydrogen-bond acceptors (Lipinski definition) is 6. The van der Waals surface area contributed by atoms with Crippen LogP contribution in [-0.4, -0.2) is 40.3 Å². The molecule has 0 aromatic heterocycles. The van der Waals surface area contributed by atoms with Gasteiger partial charge in [-0.2, -0.15) is 0 Å². The first-order valence-corrected chi connectivity index (χ1v) is 7.53. The lowest BCUT2D eigenvalue weighted by Gasteiger charge is -2.14. The predicted octanol–water partition coefficient (Wildman–Crippen LogP) is 2.07. The molecule has 26 heavy (non-hydrogen) atoms. The van der Waals surface area contributed by atoms with Crippen molar-refractivity contribution in [2.75, 3.05) is 33.8 Å². The molecule has 2 aromatic carbocycles. The molecule has 0 unspecified atom stereocenters. The van der Waals surface area contributed by atoms with Crippen LogP contribution in [0.3, 0.4) is 0 Å². The molecule has 0 spiro atoms. The molecule has 0 bridgehead atoms. The lowest BCUT2D eigenvalue weighted by atomic mass is 10.1. The van der Waals surface area contributed by atoms with Crippen LogP contribution in [0.15, 0.2) is 30.3 Å². The monoisotopic (exact) mass is 360 g/mol. The number of carbonyl (C=O) groups excluding carboxylic acids is 2. The van der Waals surface area contributed by atoms with Gasteiger partial charge in [0.15, 0.2) is 11.5 Å². The number of methoxy groups -OCH3 is 4. The van der Waals surface area contributed by atoms with E-state index in [2.05, 4.69) is 5.32 Å². The first-order valence-electron chi connectivity index (χ1n) is 7.53. The minimum Gasteiger partial charge on any atom is -0.497 e. The van der Waals surface area contributed by atoms with Crippen LogP contribution < -0.4 is 30.0 Å². The van der Waals surface area contributed by atoms with Gasteiger partial charge in [0.25, 0.3) is 11.8 Å². The molecule has 0 heterocycles. The third-order valence-electron chi connectivity index (χ3n) is 3.65. The fourth-order valence-electron chi connectivity index (χ4n) is 2.32. The Morgan fingerprint density at radius 1 is 0.808 bits per heavy atom. The predicted molar refractivity (Wildman–Crippen MR) is 95.6 cm³/mol. The highest BCUT2D eigenvalue weighted by Crippen LogP contribution is 2.33. The summed E-state index contributed by atoms with van der Waals surface area (Å²) in [4.78, 5) is 24.4. The van der Waals surface area contributed by atoms with E-state index in [1.807, 2.05) is 0 Å². The number of rotatable bonds is 7. The molecule has 0 saturated carbocycles. The molecule has 8 nitrogen and oxygen atoms in total. The smallest absolute Gasteiger partial charge is 0.255 e. The topological polar surface area (TPSA) is 109 Å². The van der Waals surface area contributed by atoms with Gasteiger partial charge in [0.05, 0.1) is 39.7 Å². The highest BCUT2D eigenvalue weighted by Gasteiger charge is 2.18. The van der Waals surface area contributed by atoms with Crippen molar-refractivity contribution >= 4 is 17.5 Å². The highest BCUT2D eigenvalue weighted by molar-refractivity contribution is 6.09. The number of hydrogen-bond donors (Lipinski definition) is 2. The summed E-state index contributed by atoms with van der Waals surface area (Å²) in [6, 6.07) is 7.60.